The molecule has 0 aliphatic rings. The van der Waals surface area contributed by atoms with Gasteiger partial charge in [0.1, 0.15) is 5.01 Å². The van der Waals surface area contributed by atoms with Gasteiger partial charge < -0.3 is 4.74 Å². The molecule has 0 radical (unpaired) electrons. The van der Waals surface area contributed by atoms with Gasteiger partial charge in [0.25, 0.3) is 0 Å². The Morgan fingerprint density at radius 2 is 1.91 bits per heavy atom. The van der Waals surface area contributed by atoms with Crippen LogP contribution in [0.2, 0.25) is 0 Å². The van der Waals surface area contributed by atoms with Crippen LogP contribution in [0.5, 0.6) is 0 Å². The van der Waals surface area contributed by atoms with Gasteiger partial charge in [0, 0.05) is 52.0 Å². The number of aryl methyl sites for hydroxylation is 2. The van der Waals surface area contributed by atoms with Gasteiger partial charge in [-0.15, -0.1) is 11.3 Å². The maximum atomic E-state index is 11.7. The summed E-state index contributed by atoms with van der Waals surface area (Å²) in [5.74, 6) is -0.411. The van der Waals surface area contributed by atoms with E-state index in [1.807, 2.05) is 25.3 Å². The Kier molecular flexibility index (Phi) is 4.16. The van der Waals surface area contributed by atoms with Crippen molar-refractivity contribution in [3.63, 3.8) is 0 Å². The van der Waals surface area contributed by atoms with E-state index in [-0.39, 0.29) is 0 Å². The average molecular weight is 325 g/mol. The van der Waals surface area contributed by atoms with Gasteiger partial charge in [0.05, 0.1) is 12.7 Å². The largest absolute Gasteiger partial charge is 0.465 e. The lowest BCUT2D eigenvalue weighted by molar-refractivity contribution is 0.0600. The molecule has 5 nitrogen and oxygen atoms in total. The van der Waals surface area contributed by atoms with Crippen LogP contribution in [0.3, 0.4) is 0 Å². The normalized spacial score (nSPS) is 10.6. The minimum Gasteiger partial charge on any atom is -0.465 e. The van der Waals surface area contributed by atoms with E-state index in [1.165, 1.54) is 13.3 Å². The van der Waals surface area contributed by atoms with E-state index in [0.717, 1.165) is 33.1 Å². The molecule has 23 heavy (non-hydrogen) atoms. The van der Waals surface area contributed by atoms with Crippen LogP contribution in [0.15, 0.2) is 36.1 Å². The number of pyridine rings is 2. The van der Waals surface area contributed by atoms with Crippen molar-refractivity contribution in [2.24, 2.45) is 0 Å². The van der Waals surface area contributed by atoms with Crippen LogP contribution in [-0.2, 0) is 4.74 Å². The summed E-state index contributed by atoms with van der Waals surface area (Å²) in [6, 6.07) is 3.76. The molecule has 0 aliphatic heterocycles. The summed E-state index contributed by atoms with van der Waals surface area (Å²) in [5, 5.41) is 2.93. The second-order valence-electron chi connectivity index (χ2n) is 5.12. The smallest absolute Gasteiger partial charge is 0.339 e. The molecule has 0 N–H and O–H groups in total. The van der Waals surface area contributed by atoms with Crippen LogP contribution in [0.4, 0.5) is 0 Å². The number of thiazole rings is 1. The van der Waals surface area contributed by atoms with E-state index in [2.05, 4.69) is 15.0 Å². The van der Waals surface area contributed by atoms with Crippen LogP contribution >= 0.6 is 11.3 Å². The zero-order valence-corrected chi connectivity index (χ0v) is 13.8. The molecular weight excluding hydrogens is 310 g/mol. The predicted molar refractivity (Wildman–Crippen MR) is 89.4 cm³/mol. The zero-order chi connectivity index (χ0) is 16.4. The number of nitrogens with zero attached hydrogens (tertiary/aromatic N) is 3. The topological polar surface area (TPSA) is 65.0 Å². The summed E-state index contributed by atoms with van der Waals surface area (Å²) < 4.78 is 4.76. The molecule has 6 heteroatoms. The van der Waals surface area contributed by atoms with Crippen molar-refractivity contribution in [2.75, 3.05) is 7.11 Å². The van der Waals surface area contributed by atoms with Crippen LogP contribution in [0.1, 0.15) is 21.7 Å². The number of ether oxygens (including phenoxy) is 1. The summed E-state index contributed by atoms with van der Waals surface area (Å²) in [4.78, 5) is 24.8. The number of carbonyl (C=O) groups excluding carboxylic acids is 1. The van der Waals surface area contributed by atoms with Gasteiger partial charge in [-0.05, 0) is 26.0 Å². The van der Waals surface area contributed by atoms with Gasteiger partial charge in [-0.25, -0.2) is 9.78 Å². The van der Waals surface area contributed by atoms with Gasteiger partial charge in [0.2, 0.25) is 0 Å². The second-order valence-corrected chi connectivity index (χ2v) is 5.98. The monoisotopic (exact) mass is 325 g/mol. The van der Waals surface area contributed by atoms with Crippen LogP contribution in [0, 0.1) is 13.8 Å². The molecule has 0 bridgehead atoms. The van der Waals surface area contributed by atoms with Crippen molar-refractivity contribution in [3.05, 3.63) is 53.1 Å². The van der Waals surface area contributed by atoms with E-state index in [0.29, 0.717) is 5.56 Å². The standard InChI is InChI=1S/C17H15N3O2S/c1-10-4-14(16-20-11(2)9-23-16)15(8-19-10)12-5-13(7-18-6-12)17(21)22-3/h4-9H,1-3H3. The van der Waals surface area contributed by atoms with Gasteiger partial charge in [0.15, 0.2) is 0 Å². The molecule has 3 aromatic rings. The Labute approximate surface area is 138 Å². The van der Waals surface area contributed by atoms with E-state index >= 15 is 0 Å². The first kappa shape index (κ1) is 15.3. The van der Waals surface area contributed by atoms with E-state index in [1.54, 1.807) is 29.8 Å². The third-order valence-electron chi connectivity index (χ3n) is 3.36. The summed E-state index contributed by atoms with van der Waals surface area (Å²) in [6.07, 6.45) is 4.99. The fourth-order valence-electron chi connectivity index (χ4n) is 2.26. The molecule has 0 spiro atoms. The molecule has 0 unspecified atom stereocenters. The SMILES string of the molecule is COC(=O)c1cncc(-c2cnc(C)cc2-c2nc(C)cs2)c1. The zero-order valence-electron chi connectivity index (χ0n) is 13.0. The molecule has 0 atom stereocenters. The highest BCUT2D eigenvalue weighted by Gasteiger charge is 2.14. The molecule has 3 heterocycles. The molecular formula is C17H15N3O2S. The van der Waals surface area contributed by atoms with E-state index in [4.69, 9.17) is 4.74 Å². The number of aromatic nitrogens is 3. The predicted octanol–water partition coefficient (Wildman–Crippen LogP) is 3.67. The summed E-state index contributed by atoms with van der Waals surface area (Å²) in [7, 11) is 1.35. The molecule has 3 aromatic heterocycles. The number of methoxy groups -OCH3 is 1. The number of hydrogen-bond acceptors (Lipinski definition) is 6. The Bertz CT molecular complexity index is 874. The van der Waals surface area contributed by atoms with Crippen LogP contribution < -0.4 is 0 Å². The summed E-state index contributed by atoms with van der Waals surface area (Å²) >= 11 is 1.58. The Morgan fingerprint density at radius 3 is 2.61 bits per heavy atom. The number of esters is 1. The molecule has 0 fully saturated rings. The van der Waals surface area contributed by atoms with Crippen molar-refractivity contribution in [1.29, 1.82) is 0 Å². The van der Waals surface area contributed by atoms with Crippen molar-refractivity contribution in [3.8, 4) is 21.7 Å². The fourth-order valence-corrected chi connectivity index (χ4v) is 3.09. The maximum Gasteiger partial charge on any atom is 0.339 e. The van der Waals surface area contributed by atoms with Crippen molar-refractivity contribution < 1.29 is 9.53 Å². The summed E-state index contributed by atoms with van der Waals surface area (Å²) in [6.45, 7) is 3.91. The Hall–Kier alpha value is -2.60. The molecule has 0 amide bonds. The lowest BCUT2D eigenvalue weighted by Gasteiger charge is -2.09. The number of hydrogen-bond donors (Lipinski definition) is 0. The third kappa shape index (κ3) is 3.12. The molecule has 0 saturated heterocycles. The van der Waals surface area contributed by atoms with Crippen molar-refractivity contribution in [2.45, 2.75) is 13.8 Å². The maximum absolute atomic E-state index is 11.7. The van der Waals surface area contributed by atoms with E-state index in [9.17, 15) is 4.79 Å². The van der Waals surface area contributed by atoms with Crippen LogP contribution in [-0.4, -0.2) is 28.0 Å². The van der Waals surface area contributed by atoms with Gasteiger partial charge in [-0.3, -0.25) is 9.97 Å². The molecule has 0 aliphatic carbocycles. The summed E-state index contributed by atoms with van der Waals surface area (Å²) in [5.41, 5.74) is 4.98. The van der Waals surface area contributed by atoms with E-state index < -0.39 is 5.97 Å². The quantitative estimate of drug-likeness (QED) is 0.687. The minimum atomic E-state index is -0.411. The number of carbonyl (C=O) groups is 1. The number of rotatable bonds is 3. The van der Waals surface area contributed by atoms with Gasteiger partial charge >= 0.3 is 5.97 Å². The van der Waals surface area contributed by atoms with Gasteiger partial charge in [-0.2, -0.15) is 0 Å². The highest BCUT2D eigenvalue weighted by Crippen LogP contribution is 2.33. The molecule has 116 valence electrons. The lowest BCUT2D eigenvalue weighted by Crippen LogP contribution is -2.02. The van der Waals surface area contributed by atoms with Crippen molar-refractivity contribution in [1.82, 2.24) is 15.0 Å². The Morgan fingerprint density at radius 1 is 1.09 bits per heavy atom. The molecule has 0 aromatic carbocycles. The minimum absolute atomic E-state index is 0.409. The second kappa shape index (κ2) is 6.26. The average Bonchev–Trinajstić information content (AvgIpc) is 3.00. The first-order chi connectivity index (χ1) is 11.1. The molecule has 3 rings (SSSR count). The third-order valence-corrected chi connectivity index (χ3v) is 4.35. The highest BCUT2D eigenvalue weighted by molar-refractivity contribution is 7.13. The lowest BCUT2D eigenvalue weighted by atomic mass is 10.0. The molecule has 0 saturated carbocycles. The fraction of sp³-hybridized carbons (Fsp3) is 0.176. The highest BCUT2D eigenvalue weighted by atomic mass is 32.1. The first-order valence-electron chi connectivity index (χ1n) is 7.01. The Balaban J connectivity index is 2.15. The first-order valence-corrected chi connectivity index (χ1v) is 7.89. The van der Waals surface area contributed by atoms with Gasteiger partial charge in [-0.1, -0.05) is 0 Å². The van der Waals surface area contributed by atoms with Crippen LogP contribution in [0.25, 0.3) is 21.7 Å². The van der Waals surface area contributed by atoms with Crippen molar-refractivity contribution >= 4 is 17.3 Å².